The van der Waals surface area contributed by atoms with Crippen molar-refractivity contribution in [2.75, 3.05) is 0 Å². The van der Waals surface area contributed by atoms with Crippen LogP contribution in [0.5, 0.6) is 0 Å². The first-order valence-corrected chi connectivity index (χ1v) is 14.6. The molecule has 126 valence electrons. The van der Waals surface area contributed by atoms with Crippen LogP contribution in [0.3, 0.4) is 0 Å². The van der Waals surface area contributed by atoms with Gasteiger partial charge in [0.05, 0.1) is 0 Å². The summed E-state index contributed by atoms with van der Waals surface area (Å²) in [6, 6.07) is 25.0. The number of benzene rings is 2. The van der Waals surface area contributed by atoms with Crippen molar-refractivity contribution in [1.82, 2.24) is 0 Å². The topological polar surface area (TPSA) is 0 Å². The van der Waals surface area contributed by atoms with Crippen molar-refractivity contribution in [3.05, 3.63) is 81.7 Å². The van der Waals surface area contributed by atoms with Crippen molar-refractivity contribution in [3.8, 4) is 0 Å². The van der Waals surface area contributed by atoms with E-state index >= 15 is 0 Å². The van der Waals surface area contributed by atoms with Gasteiger partial charge < -0.3 is 13.5 Å². The Morgan fingerprint density at radius 3 is 1.38 bits per heavy atom. The molecular formula is C18H13Br2Cl2SZr-3. The summed E-state index contributed by atoms with van der Waals surface area (Å²) in [5.41, 5.74) is 0. The Hall–Kier alpha value is 0.433. The number of halogens is 4. The monoisotopic (exact) mass is 579 g/mol. The molecule has 0 aromatic heterocycles. The predicted octanol–water partition coefficient (Wildman–Crippen LogP) is 7.75. The van der Waals surface area contributed by atoms with Crippen LogP contribution in [0.1, 0.15) is 0 Å². The maximum absolute atomic E-state index is 4.93. The SMILES string of the molecule is Brc1c[cH-]c2ccccc12.Brc1c[cH-]c2ccccc12.[Cl][Zr][Cl].[SH-]. The Labute approximate surface area is 184 Å². The zero-order chi connectivity index (χ0) is 16.7. The van der Waals surface area contributed by atoms with Crippen LogP contribution in [0.4, 0.5) is 0 Å². The zero-order valence-electron chi connectivity index (χ0n) is 12.4. The fourth-order valence-corrected chi connectivity index (χ4v) is 3.21. The van der Waals surface area contributed by atoms with Crippen LogP contribution in [-0.2, 0) is 34.3 Å². The predicted molar refractivity (Wildman–Crippen MR) is 115 cm³/mol. The molecule has 0 saturated carbocycles. The Morgan fingerprint density at radius 1 is 0.708 bits per heavy atom. The van der Waals surface area contributed by atoms with E-state index in [1.165, 1.54) is 30.5 Å². The molecule has 4 aromatic carbocycles. The van der Waals surface area contributed by atoms with Crippen molar-refractivity contribution in [1.29, 1.82) is 0 Å². The van der Waals surface area contributed by atoms with Crippen LogP contribution in [0.15, 0.2) is 81.7 Å². The van der Waals surface area contributed by atoms with Crippen LogP contribution >= 0.6 is 48.9 Å². The molecule has 0 aliphatic rings. The summed E-state index contributed by atoms with van der Waals surface area (Å²) >= 11 is 6.11. The normalized spacial score (nSPS) is 9.33. The first kappa shape index (κ1) is 22.5. The molecule has 0 N–H and O–H groups in total. The summed E-state index contributed by atoms with van der Waals surface area (Å²) in [6.45, 7) is 0. The molecule has 0 aliphatic heterocycles. The second kappa shape index (κ2) is 11.9. The molecule has 0 heterocycles. The largest absolute Gasteiger partial charge is 0.813 e. The second-order valence-corrected chi connectivity index (χ2v) is 10.0. The third-order valence-electron chi connectivity index (χ3n) is 3.25. The van der Waals surface area contributed by atoms with Gasteiger partial charge in [0.25, 0.3) is 0 Å². The minimum atomic E-state index is -0.826. The van der Waals surface area contributed by atoms with Crippen molar-refractivity contribution in [3.63, 3.8) is 0 Å². The van der Waals surface area contributed by atoms with E-state index in [1.807, 2.05) is 12.1 Å². The van der Waals surface area contributed by atoms with E-state index in [-0.39, 0.29) is 13.5 Å². The molecule has 6 heteroatoms. The van der Waals surface area contributed by atoms with Crippen molar-refractivity contribution < 1.29 is 20.8 Å². The fraction of sp³-hybridized carbons (Fsp3) is 0. The van der Waals surface area contributed by atoms with E-state index in [4.69, 9.17) is 17.0 Å². The standard InChI is InChI=1S/2C9H6Br.2ClH.H2S.Zr/c2*10-9-6-5-7-3-1-2-4-8(7)9;;;;/h2*1-6H;2*1H;1H2;/q2*-1;;;;+2/p-3. The van der Waals surface area contributed by atoms with Gasteiger partial charge in [-0.2, -0.15) is 0 Å². The Balaban J connectivity index is 0.000000200. The molecule has 0 nitrogen and oxygen atoms in total. The van der Waals surface area contributed by atoms with Crippen LogP contribution in [0, 0.1) is 0 Å². The molecule has 0 unspecified atom stereocenters. The van der Waals surface area contributed by atoms with E-state index in [0.717, 1.165) is 0 Å². The number of thiol groups is 1. The minimum Gasteiger partial charge on any atom is -0.813 e. The van der Waals surface area contributed by atoms with E-state index < -0.39 is 20.8 Å². The molecule has 0 spiro atoms. The summed E-state index contributed by atoms with van der Waals surface area (Å²) in [5, 5.41) is 5.19. The summed E-state index contributed by atoms with van der Waals surface area (Å²) in [4.78, 5) is 0. The molecule has 0 amide bonds. The van der Waals surface area contributed by atoms with Crippen molar-refractivity contribution >= 4 is 83.9 Å². The van der Waals surface area contributed by atoms with Gasteiger partial charge in [-0.15, -0.1) is 114 Å². The fourth-order valence-electron chi connectivity index (χ4n) is 2.23. The van der Waals surface area contributed by atoms with E-state index in [9.17, 15) is 0 Å². The molecule has 0 atom stereocenters. The smallest absolute Gasteiger partial charge is 0.813 e. The molecule has 4 rings (SSSR count). The van der Waals surface area contributed by atoms with Crippen LogP contribution < -0.4 is 0 Å². The Kier molecular flexibility index (Phi) is 11.2. The molecular weight excluding hydrogens is 570 g/mol. The van der Waals surface area contributed by atoms with Gasteiger partial charge in [0.15, 0.2) is 0 Å². The van der Waals surface area contributed by atoms with Gasteiger partial charge in [0.1, 0.15) is 0 Å². The molecule has 0 bridgehead atoms. The van der Waals surface area contributed by atoms with Gasteiger partial charge in [-0.3, -0.25) is 0 Å². The Bertz CT molecular complexity index is 801. The number of fused-ring (bicyclic) bond motifs is 2. The Morgan fingerprint density at radius 2 is 1.04 bits per heavy atom. The molecule has 24 heavy (non-hydrogen) atoms. The van der Waals surface area contributed by atoms with E-state index in [2.05, 4.69) is 92.5 Å². The average Bonchev–Trinajstić information content (AvgIpc) is 3.14. The first-order chi connectivity index (χ1) is 11.2. The number of rotatable bonds is 0. The average molecular weight is 583 g/mol. The summed E-state index contributed by atoms with van der Waals surface area (Å²) in [5.74, 6) is 0. The summed E-state index contributed by atoms with van der Waals surface area (Å²) in [6.07, 6.45) is 0. The van der Waals surface area contributed by atoms with E-state index in [1.54, 1.807) is 0 Å². The zero-order valence-corrected chi connectivity index (χ0v) is 20.4. The summed E-state index contributed by atoms with van der Waals surface area (Å²) in [7, 11) is 9.87. The van der Waals surface area contributed by atoms with Crippen LogP contribution in [0.2, 0.25) is 0 Å². The first-order valence-electron chi connectivity index (χ1n) is 6.73. The maximum Gasteiger partial charge on any atom is -0.813 e. The van der Waals surface area contributed by atoms with Crippen LogP contribution in [-0.4, -0.2) is 0 Å². The summed E-state index contributed by atoms with van der Waals surface area (Å²) < 4.78 is 2.37. The van der Waals surface area contributed by atoms with Gasteiger partial charge in [-0.1, -0.05) is 21.1 Å². The third-order valence-corrected chi connectivity index (χ3v) is 4.64. The molecule has 0 aliphatic carbocycles. The van der Waals surface area contributed by atoms with Gasteiger partial charge in [-0.05, 0) is 0 Å². The van der Waals surface area contributed by atoms with Crippen molar-refractivity contribution in [2.45, 2.75) is 0 Å². The molecule has 0 fully saturated rings. The van der Waals surface area contributed by atoms with Crippen molar-refractivity contribution in [2.24, 2.45) is 0 Å². The van der Waals surface area contributed by atoms with E-state index in [0.29, 0.717) is 0 Å². The third kappa shape index (κ3) is 6.30. The number of hydrogen-bond acceptors (Lipinski definition) is 1. The van der Waals surface area contributed by atoms with Gasteiger partial charge in [0, 0.05) is 0 Å². The van der Waals surface area contributed by atoms with Gasteiger partial charge >= 0.3 is 37.9 Å². The van der Waals surface area contributed by atoms with Gasteiger partial charge in [-0.25, -0.2) is 0 Å². The number of hydrogen-bond donors (Lipinski definition) is 0. The minimum absolute atomic E-state index is 0. The molecule has 0 saturated heterocycles. The van der Waals surface area contributed by atoms with Crippen LogP contribution in [0.25, 0.3) is 21.5 Å². The quantitative estimate of drug-likeness (QED) is 0.116. The molecule has 4 aromatic rings. The molecule has 0 radical (unpaired) electrons. The maximum atomic E-state index is 4.93. The second-order valence-electron chi connectivity index (χ2n) is 4.61. The van der Waals surface area contributed by atoms with Gasteiger partial charge in [0.2, 0.25) is 0 Å².